The fourth-order valence-corrected chi connectivity index (χ4v) is 11.8. The minimum atomic E-state index is -1.63. The van der Waals surface area contributed by atoms with E-state index in [2.05, 4.69) is 123 Å². The smallest absolute Gasteiger partial charge is 0.306 e. The number of allylic oxidation sites excluding steroid dienone is 18. The molecule has 0 aliphatic heterocycles. The van der Waals surface area contributed by atoms with E-state index >= 15 is 0 Å². The molecule has 0 saturated carbocycles. The number of hydrogen-bond acceptors (Lipinski definition) is 8. The maximum atomic E-state index is 13.0. The van der Waals surface area contributed by atoms with Gasteiger partial charge in [0, 0.05) is 12.8 Å². The number of esters is 2. The maximum Gasteiger partial charge on any atom is 0.306 e. The van der Waals surface area contributed by atoms with E-state index in [0.29, 0.717) is 23.9 Å². The Morgan fingerprint density at radius 3 is 0.887 bits per heavy atom. The van der Waals surface area contributed by atoms with Gasteiger partial charge >= 0.3 is 11.9 Å². The Bertz CT molecular complexity index is 1970. The molecule has 0 fully saturated rings. The molecule has 0 aromatic heterocycles. The number of unbranched alkanes of at least 4 members (excludes halogenated alkanes) is 43. The van der Waals surface area contributed by atoms with Gasteiger partial charge in [-0.2, -0.15) is 0 Å². The SMILES string of the molecule is CC/C=C\C/C=C\C/C=C\C/C=C\C/C=C\C/C=C\C/C=C\C/C=C\CCCCCCCCCCCCCCCCC(=O)OC(COC(=O)CCCCCCCCCCCCCCCCCCCCCCC/C=C\CCCCCCCCCC)COC(OCC[N+](C)(C)C)C(=O)[O-]. The van der Waals surface area contributed by atoms with Gasteiger partial charge in [0.2, 0.25) is 0 Å². The first-order valence-corrected chi connectivity index (χ1v) is 41.0. The van der Waals surface area contributed by atoms with E-state index in [9.17, 15) is 19.5 Å². The molecule has 0 N–H and O–H groups in total. The van der Waals surface area contributed by atoms with Crippen LogP contribution in [-0.2, 0) is 33.3 Å². The van der Waals surface area contributed by atoms with Crippen LogP contribution in [0.2, 0.25) is 0 Å². The van der Waals surface area contributed by atoms with Gasteiger partial charge in [-0.1, -0.05) is 367 Å². The zero-order valence-corrected chi connectivity index (χ0v) is 64.2. The Balaban J connectivity index is 4.02. The Morgan fingerprint density at radius 1 is 0.320 bits per heavy atom. The predicted molar refractivity (Wildman–Crippen MR) is 417 cm³/mol. The molecule has 0 spiro atoms. The highest BCUT2D eigenvalue weighted by Gasteiger charge is 2.22. The third-order valence-electron chi connectivity index (χ3n) is 18.0. The second-order valence-corrected chi connectivity index (χ2v) is 28.7. The van der Waals surface area contributed by atoms with E-state index in [4.69, 9.17) is 18.9 Å². The topological polar surface area (TPSA) is 111 Å². The molecule has 0 rings (SSSR count). The lowest BCUT2D eigenvalue weighted by molar-refractivity contribution is -0.870. The first kappa shape index (κ1) is 93.0. The molecule has 0 aliphatic rings. The normalized spacial score (nSPS) is 13.2. The van der Waals surface area contributed by atoms with Crippen LogP contribution in [-0.4, -0.2) is 82.3 Å². The van der Waals surface area contributed by atoms with E-state index in [1.807, 2.05) is 21.1 Å². The van der Waals surface area contributed by atoms with Gasteiger partial charge in [-0.15, -0.1) is 0 Å². The van der Waals surface area contributed by atoms with Gasteiger partial charge < -0.3 is 33.3 Å². The van der Waals surface area contributed by atoms with Crippen molar-refractivity contribution in [2.75, 3.05) is 47.5 Å². The molecule has 0 saturated heterocycles. The Morgan fingerprint density at radius 2 is 0.588 bits per heavy atom. The summed E-state index contributed by atoms with van der Waals surface area (Å²) in [6, 6.07) is 0. The highest BCUT2D eigenvalue weighted by molar-refractivity contribution is 5.70. The summed E-state index contributed by atoms with van der Waals surface area (Å²) in [5.41, 5.74) is 0. The van der Waals surface area contributed by atoms with Crippen LogP contribution in [0.15, 0.2) is 109 Å². The fourth-order valence-electron chi connectivity index (χ4n) is 11.8. The molecule has 0 amide bonds. The monoisotopic (exact) mass is 1350 g/mol. The Labute approximate surface area is 600 Å². The van der Waals surface area contributed by atoms with Gasteiger partial charge in [0.15, 0.2) is 12.4 Å². The van der Waals surface area contributed by atoms with Gasteiger partial charge in [0.25, 0.3) is 0 Å². The number of nitrogens with zero attached hydrogens (tertiary/aromatic N) is 1. The van der Waals surface area contributed by atoms with Crippen molar-refractivity contribution in [1.29, 1.82) is 0 Å². The molecule has 0 radical (unpaired) electrons. The van der Waals surface area contributed by atoms with E-state index < -0.39 is 24.3 Å². The lowest BCUT2D eigenvalue weighted by atomic mass is 10.0. The van der Waals surface area contributed by atoms with E-state index in [1.54, 1.807) is 0 Å². The molecular formula is C88H155NO8. The maximum absolute atomic E-state index is 13.0. The number of likely N-dealkylation sites (N-methyl/N-ethyl adjacent to an activating group) is 1. The van der Waals surface area contributed by atoms with Gasteiger partial charge in [-0.3, -0.25) is 9.59 Å². The van der Waals surface area contributed by atoms with Crippen molar-refractivity contribution < 1.29 is 42.9 Å². The number of carboxylic acids is 1. The van der Waals surface area contributed by atoms with E-state index in [-0.39, 0.29) is 32.2 Å². The standard InChI is InChI=1S/C88H155NO8/c1-6-8-10-12-14-16-18-20-22-24-26-28-30-32-34-36-38-40-41-42-43-44-45-47-49-51-53-55-57-59-61-63-65-67-69-71-73-75-77-79-86(91)97-84(83-96-88(87(92)93)94-81-80-89(3,4)5)82-95-85(90)78-76-74-72-70-68-66-64-62-60-58-56-54-52-50-48-46-39-37-35-33-31-29-27-25-23-21-19-17-15-13-11-9-7-2/h8,10,14,16,20,22,25-28,32,34,38,40,42-43,45,47,84,88H,6-7,9,11-13,15,17-19,21,23-24,29-31,33,35-37,39,41,44,46,48-83H2,1-5H3/b10-8-,16-14-,22-20-,27-25-,28-26-,34-32-,40-38-,43-42-,47-45-. The molecule has 0 aromatic carbocycles. The number of hydrogen-bond donors (Lipinski definition) is 0. The lowest BCUT2D eigenvalue weighted by Crippen LogP contribution is -2.44. The molecule has 9 nitrogen and oxygen atoms in total. The van der Waals surface area contributed by atoms with Gasteiger partial charge in [-0.05, 0) is 103 Å². The van der Waals surface area contributed by atoms with Crippen LogP contribution in [0.3, 0.4) is 0 Å². The molecule has 0 heterocycles. The second-order valence-electron chi connectivity index (χ2n) is 28.7. The third-order valence-corrected chi connectivity index (χ3v) is 18.0. The molecule has 0 aromatic rings. The van der Waals surface area contributed by atoms with Crippen LogP contribution >= 0.6 is 0 Å². The molecule has 0 aliphatic carbocycles. The fraction of sp³-hybridized carbons (Fsp3) is 0.761. The highest BCUT2D eigenvalue weighted by Crippen LogP contribution is 2.19. The predicted octanol–water partition coefficient (Wildman–Crippen LogP) is 25.1. The number of carbonyl (C=O) groups is 3. The summed E-state index contributed by atoms with van der Waals surface area (Å²) in [5, 5.41) is 11.9. The quantitative estimate of drug-likeness (QED) is 0.0195. The molecule has 9 heteroatoms. The average molecular weight is 1360 g/mol. The summed E-state index contributed by atoms with van der Waals surface area (Å²) in [6.07, 6.45) is 106. The van der Waals surface area contributed by atoms with Crippen LogP contribution in [0, 0.1) is 0 Å². The van der Waals surface area contributed by atoms with Crippen molar-refractivity contribution in [2.45, 2.75) is 386 Å². The van der Waals surface area contributed by atoms with Crippen molar-refractivity contribution in [3.63, 3.8) is 0 Å². The molecule has 0 bridgehead atoms. The highest BCUT2D eigenvalue weighted by atomic mass is 16.7. The summed E-state index contributed by atoms with van der Waals surface area (Å²) in [5.74, 6) is -2.27. The Kier molecular flexibility index (Phi) is 74.4. The van der Waals surface area contributed by atoms with Crippen LogP contribution in [0.5, 0.6) is 0 Å². The lowest BCUT2D eigenvalue weighted by Gasteiger charge is -2.26. The average Bonchev–Trinajstić information content (AvgIpc) is 2.39. The minimum Gasteiger partial charge on any atom is -0.545 e. The molecule has 97 heavy (non-hydrogen) atoms. The minimum absolute atomic E-state index is 0.146. The van der Waals surface area contributed by atoms with Crippen molar-refractivity contribution in [2.24, 2.45) is 0 Å². The third kappa shape index (κ3) is 79.2. The number of aliphatic carboxylic acids is 1. The van der Waals surface area contributed by atoms with Crippen molar-refractivity contribution in [3.05, 3.63) is 109 Å². The zero-order valence-electron chi connectivity index (χ0n) is 64.2. The van der Waals surface area contributed by atoms with Crippen LogP contribution in [0.4, 0.5) is 0 Å². The Hall–Kier alpha value is -4.05. The summed E-state index contributed by atoms with van der Waals surface area (Å²) in [4.78, 5) is 37.6. The number of quaternary nitrogens is 1. The molecule has 2 atom stereocenters. The van der Waals surface area contributed by atoms with Gasteiger partial charge in [-0.25, -0.2) is 0 Å². The zero-order chi connectivity index (χ0) is 70.4. The summed E-state index contributed by atoms with van der Waals surface area (Å²) in [6.45, 7) is 4.68. The van der Waals surface area contributed by atoms with Crippen LogP contribution < -0.4 is 5.11 Å². The second kappa shape index (κ2) is 77.7. The van der Waals surface area contributed by atoms with E-state index in [0.717, 1.165) is 89.9 Å². The van der Waals surface area contributed by atoms with Crippen LogP contribution in [0.25, 0.3) is 0 Å². The molecule has 560 valence electrons. The van der Waals surface area contributed by atoms with Gasteiger partial charge in [0.05, 0.1) is 40.3 Å². The summed E-state index contributed by atoms with van der Waals surface area (Å²) in [7, 11) is 5.94. The van der Waals surface area contributed by atoms with E-state index in [1.165, 1.54) is 250 Å². The van der Waals surface area contributed by atoms with Gasteiger partial charge in [0.1, 0.15) is 13.2 Å². The van der Waals surface area contributed by atoms with Crippen molar-refractivity contribution >= 4 is 17.9 Å². The van der Waals surface area contributed by atoms with Crippen LogP contribution in [0.1, 0.15) is 373 Å². The first-order chi connectivity index (χ1) is 47.6. The number of carboxylic acid groups (broad SMARTS) is 1. The molecular weight excluding hydrogens is 1200 g/mol. The molecule has 2 unspecified atom stereocenters. The first-order valence-electron chi connectivity index (χ1n) is 41.0. The van der Waals surface area contributed by atoms with Crippen molar-refractivity contribution in [3.8, 4) is 0 Å². The summed E-state index contributed by atoms with van der Waals surface area (Å²) < 4.78 is 22.9. The van der Waals surface area contributed by atoms with Crippen molar-refractivity contribution in [1.82, 2.24) is 0 Å². The number of ether oxygens (including phenoxy) is 4. The largest absolute Gasteiger partial charge is 0.545 e. The number of carbonyl (C=O) groups excluding carboxylic acids is 3. The number of rotatable bonds is 76. The summed E-state index contributed by atoms with van der Waals surface area (Å²) >= 11 is 0.